The largest absolute Gasteiger partial charge is 0.508 e. The Balaban J connectivity index is 0.000000209. The minimum absolute atomic E-state index is 0.0135. The predicted molar refractivity (Wildman–Crippen MR) is 379 cm³/mol. The molecule has 0 spiro atoms. The number of phenolic OH excluding ortho intramolecular Hbond substituents is 1. The van der Waals surface area contributed by atoms with E-state index >= 15 is 0 Å². The van der Waals surface area contributed by atoms with Crippen molar-refractivity contribution in [2.45, 2.75) is 52.1 Å². The number of benzene rings is 7. The van der Waals surface area contributed by atoms with Crippen LogP contribution in [0.25, 0.3) is 33.4 Å². The molecule has 3 amide bonds. The van der Waals surface area contributed by atoms with E-state index in [1.807, 2.05) is 116 Å². The average molecular weight is 1340 g/mol. The quantitative estimate of drug-likeness (QED) is 0.0110. The molecule has 0 aliphatic carbocycles. The van der Waals surface area contributed by atoms with Gasteiger partial charge in [-0.3, -0.25) is 50.0 Å². The highest BCUT2D eigenvalue weighted by Gasteiger charge is 2.30. The highest BCUT2D eigenvalue weighted by atomic mass is 16.5. The number of nitrogens with one attached hydrogen (secondary N) is 6. The fourth-order valence-corrected chi connectivity index (χ4v) is 10.7. The topological polar surface area (TPSA) is 373 Å². The Morgan fingerprint density at radius 3 is 1.45 bits per heavy atom. The molecule has 0 saturated carbocycles. The second kappa shape index (κ2) is 35.4. The van der Waals surface area contributed by atoms with Crippen LogP contribution in [0.3, 0.4) is 0 Å². The lowest BCUT2D eigenvalue weighted by Gasteiger charge is -2.23. The number of methoxy groups -OCH3 is 3. The molecule has 22 heteroatoms. The van der Waals surface area contributed by atoms with E-state index in [0.717, 1.165) is 55.8 Å². The molecule has 2 aromatic heterocycles. The molecule has 3 unspecified atom stereocenters. The molecule has 7 aromatic carbocycles. The van der Waals surface area contributed by atoms with Gasteiger partial charge in [-0.1, -0.05) is 91.0 Å². The van der Waals surface area contributed by atoms with E-state index < -0.39 is 47.7 Å². The maximum absolute atomic E-state index is 12.9. The number of ether oxygens (including phenoxy) is 3. The number of carboxylic acids is 1. The predicted octanol–water partition coefficient (Wildman–Crippen LogP) is 9.13. The van der Waals surface area contributed by atoms with Crippen LogP contribution in [0.1, 0.15) is 83.9 Å². The number of rotatable bonds is 25. The van der Waals surface area contributed by atoms with Crippen LogP contribution in [-0.4, -0.2) is 108 Å². The Labute approximate surface area is 574 Å². The summed E-state index contributed by atoms with van der Waals surface area (Å²) in [6.45, 7) is 5.46. The lowest BCUT2D eigenvalue weighted by atomic mass is 9.92. The summed E-state index contributed by atoms with van der Waals surface area (Å²) in [7, 11) is 6.18. The number of esters is 2. The molecule has 0 bridgehead atoms. The highest BCUT2D eigenvalue weighted by molar-refractivity contribution is 5.98. The SMILES string of the molecule is CC(NC(=O)c1ccc(-c2cc[n+](C)cc2)cc1)[C@H](Cc1cccc(C(=N)N)c1)C(=O)O.COC(=O)C(CNC(=O)c1ccc(-c2cccnc2)cc1)Cc1cc(C(=N)N)ccc1O.COC(=O)[C@@H](Cc1cccc(C(=N)N)c1)C(C)NC(=O)c1ccc(-c2ccc(C)c(OC)c2)cc1. The summed E-state index contributed by atoms with van der Waals surface area (Å²) in [5.41, 5.74) is 28.5. The molecule has 9 aromatic rings. The monoisotopic (exact) mass is 1340 g/mol. The van der Waals surface area contributed by atoms with Gasteiger partial charge < -0.3 is 57.6 Å². The number of aryl methyl sites for hydroxylation is 2. The second-order valence-corrected chi connectivity index (χ2v) is 23.5. The van der Waals surface area contributed by atoms with Crippen LogP contribution in [0.4, 0.5) is 0 Å². The Hall–Kier alpha value is -12.3. The number of amides is 3. The summed E-state index contributed by atoms with van der Waals surface area (Å²) < 4.78 is 17.2. The number of nitrogens with zero attached hydrogens (tertiary/aromatic N) is 2. The number of aromatic hydroxyl groups is 1. The zero-order valence-electron chi connectivity index (χ0n) is 56.0. The van der Waals surface area contributed by atoms with E-state index in [4.69, 9.17) is 47.6 Å². The number of aliphatic carboxylic acids is 1. The van der Waals surface area contributed by atoms with Crippen molar-refractivity contribution in [3.05, 3.63) is 262 Å². The number of hydrogen-bond donors (Lipinski definition) is 11. The van der Waals surface area contributed by atoms with Crippen LogP contribution in [0, 0.1) is 40.9 Å². The van der Waals surface area contributed by atoms with Crippen molar-refractivity contribution in [3.8, 4) is 44.9 Å². The summed E-state index contributed by atoms with van der Waals surface area (Å²) in [5.74, 6) is -4.54. The van der Waals surface area contributed by atoms with Crippen molar-refractivity contribution in [1.82, 2.24) is 20.9 Å². The van der Waals surface area contributed by atoms with Gasteiger partial charge >= 0.3 is 17.9 Å². The first-order valence-corrected chi connectivity index (χ1v) is 31.5. The minimum atomic E-state index is -1.00. The number of carbonyl (C=O) groups is 6. The lowest BCUT2D eigenvalue weighted by molar-refractivity contribution is -0.671. The van der Waals surface area contributed by atoms with Crippen molar-refractivity contribution in [1.29, 1.82) is 16.2 Å². The fourth-order valence-electron chi connectivity index (χ4n) is 10.7. The minimum Gasteiger partial charge on any atom is -0.508 e. The highest BCUT2D eigenvalue weighted by Crippen LogP contribution is 2.29. The van der Waals surface area contributed by atoms with E-state index in [1.54, 1.807) is 118 Å². The van der Waals surface area contributed by atoms with Crippen LogP contribution in [0.2, 0.25) is 0 Å². The summed E-state index contributed by atoms with van der Waals surface area (Å²) in [4.78, 5) is 79.0. The normalized spacial score (nSPS) is 12.1. The smallest absolute Gasteiger partial charge is 0.311 e. The first kappa shape index (κ1) is 74.1. The van der Waals surface area contributed by atoms with Crippen LogP contribution < -0.4 is 42.5 Å². The van der Waals surface area contributed by atoms with Gasteiger partial charge in [-0.2, -0.15) is 0 Å². The van der Waals surface area contributed by atoms with E-state index in [0.29, 0.717) is 45.4 Å². The van der Waals surface area contributed by atoms with E-state index in [2.05, 4.69) is 20.9 Å². The molecular formula is C77H82N11O11+. The number of phenols is 1. The number of carbonyl (C=O) groups excluding carboxylic acids is 5. The van der Waals surface area contributed by atoms with E-state index in [-0.39, 0.29) is 60.4 Å². The molecule has 0 aliphatic rings. The lowest BCUT2D eigenvalue weighted by Crippen LogP contribution is -2.42. The number of carboxylic acid groups (broad SMARTS) is 1. The van der Waals surface area contributed by atoms with Crippen molar-refractivity contribution in [3.63, 3.8) is 0 Å². The second-order valence-electron chi connectivity index (χ2n) is 23.5. The van der Waals surface area contributed by atoms with Gasteiger partial charge in [0, 0.05) is 76.5 Å². The third-order valence-electron chi connectivity index (χ3n) is 16.5. The van der Waals surface area contributed by atoms with E-state index in [1.165, 1.54) is 26.4 Å². The number of aromatic nitrogens is 2. The first-order valence-electron chi connectivity index (χ1n) is 31.5. The van der Waals surface area contributed by atoms with Crippen LogP contribution in [-0.2, 0) is 50.2 Å². The summed E-state index contributed by atoms with van der Waals surface area (Å²) in [5, 5.41) is 51.1. The molecule has 22 nitrogen and oxygen atoms in total. The van der Waals surface area contributed by atoms with Gasteiger partial charge in [-0.15, -0.1) is 0 Å². The zero-order chi connectivity index (χ0) is 71.9. The van der Waals surface area contributed by atoms with Crippen molar-refractivity contribution in [2.75, 3.05) is 27.9 Å². The number of pyridine rings is 2. The molecule has 99 heavy (non-hydrogen) atoms. The molecule has 0 aliphatic heterocycles. The Kier molecular flexibility index (Phi) is 26.5. The molecule has 5 atom stereocenters. The summed E-state index contributed by atoms with van der Waals surface area (Å²) in [6, 6.07) is 52.8. The van der Waals surface area contributed by atoms with Gasteiger partial charge in [0.1, 0.15) is 36.1 Å². The Bertz CT molecular complexity index is 4340. The van der Waals surface area contributed by atoms with E-state index in [9.17, 15) is 39.0 Å². The molecule has 0 saturated heterocycles. The zero-order valence-corrected chi connectivity index (χ0v) is 56.0. The summed E-state index contributed by atoms with van der Waals surface area (Å²) >= 11 is 0. The van der Waals surface area contributed by atoms with Crippen molar-refractivity contribution < 1.29 is 57.8 Å². The number of hydrogen-bond acceptors (Lipinski definition) is 14. The van der Waals surface area contributed by atoms with Gasteiger partial charge in [0.15, 0.2) is 12.4 Å². The maximum Gasteiger partial charge on any atom is 0.311 e. The third-order valence-corrected chi connectivity index (χ3v) is 16.5. The van der Waals surface area contributed by atoms with Crippen LogP contribution in [0.5, 0.6) is 11.5 Å². The molecule has 0 radical (unpaired) electrons. The molecule has 510 valence electrons. The number of amidine groups is 3. The van der Waals surface area contributed by atoms with Gasteiger partial charge in [-0.25, -0.2) is 4.57 Å². The molecular weight excluding hydrogens is 1250 g/mol. The molecule has 2 heterocycles. The first-order chi connectivity index (χ1) is 47.4. The molecule has 9 rings (SSSR count). The van der Waals surface area contributed by atoms with Crippen LogP contribution in [0.15, 0.2) is 207 Å². The molecule has 14 N–H and O–H groups in total. The van der Waals surface area contributed by atoms with Crippen molar-refractivity contribution in [2.24, 2.45) is 42.0 Å². The molecule has 0 fully saturated rings. The third kappa shape index (κ3) is 21.1. The van der Waals surface area contributed by atoms with Gasteiger partial charge in [0.25, 0.3) is 17.7 Å². The van der Waals surface area contributed by atoms with Crippen molar-refractivity contribution >= 4 is 53.1 Å². The Morgan fingerprint density at radius 2 is 0.970 bits per heavy atom. The standard InChI is InChI=1S/C28H31N3O4.C25H26N4O3.C24H24N4O4/c1-17-8-9-22(16-25(17)34-3)20-10-12-21(13-11-20)27(32)31-18(2)24(28(33)35-4)15-19-6-5-7-23(14-19)26(29)30;1-16(22(25(31)32)15-17-4-3-5-21(14-17)23(26)27)28-24(30)20-8-6-18(7-9-20)19-10-12-29(2)13-11-19;1-32-24(31)20(12-19-11-17(22(25)26)8-9-21(19)29)14-28-23(30)16-6-4-15(5-7-16)18-3-2-10-27-13-18/h5-14,16,18,24H,15H2,1-4H3,(H3,29,30)(H,31,32);3-14,16,22H,15H2,1-2H3,(H4-,26,27,28,30,31,32);2-11,13,20,29H,12,14H2,1H3,(H3,25,26)(H,28,30)/p+1/t18?,24-;16?,22-;/m00./s1. The average Bonchev–Trinajstić information content (AvgIpc) is 1.10. The van der Waals surface area contributed by atoms with Gasteiger partial charge in [0.05, 0.1) is 39.1 Å². The van der Waals surface area contributed by atoms with Crippen LogP contribution >= 0.6 is 0 Å². The van der Waals surface area contributed by atoms with Gasteiger partial charge in [-0.05, 0) is 175 Å². The maximum atomic E-state index is 12.9. The fraction of sp³-hybridized carbons (Fsp3) is 0.208. The summed E-state index contributed by atoms with van der Waals surface area (Å²) in [6.07, 6.45) is 8.00. The Morgan fingerprint density at radius 1 is 0.515 bits per heavy atom. The number of nitrogens with two attached hydrogens (primary N) is 3. The number of nitrogen functional groups attached to an aromatic ring is 3. The van der Waals surface area contributed by atoms with Gasteiger partial charge in [0.2, 0.25) is 0 Å².